The van der Waals surface area contributed by atoms with Crippen LogP contribution in [-0.2, 0) is 4.79 Å². The minimum absolute atomic E-state index is 0.735. The van der Waals surface area contributed by atoms with Crippen molar-refractivity contribution < 1.29 is 27.8 Å². The molecule has 6 nitrogen and oxygen atoms in total. The van der Waals surface area contributed by atoms with Crippen LogP contribution in [0.15, 0.2) is 71.3 Å². The van der Waals surface area contributed by atoms with Gasteiger partial charge in [0.2, 0.25) is 0 Å². The minimum atomic E-state index is -5.08. The molecule has 3 heterocycles. The van der Waals surface area contributed by atoms with Crippen molar-refractivity contribution in [2.45, 2.75) is 19.0 Å². The molecule has 10 heteroatoms. The van der Waals surface area contributed by atoms with Crippen LogP contribution in [-0.4, -0.2) is 58.4 Å². The molecule has 0 amide bonds. The van der Waals surface area contributed by atoms with Crippen LogP contribution in [0.3, 0.4) is 0 Å². The van der Waals surface area contributed by atoms with Crippen molar-refractivity contribution in [3.63, 3.8) is 0 Å². The number of aromatic nitrogens is 2. The molecule has 1 saturated heterocycles. The van der Waals surface area contributed by atoms with Crippen molar-refractivity contribution in [3.8, 4) is 28.1 Å². The van der Waals surface area contributed by atoms with Crippen LogP contribution in [0, 0.1) is 0 Å². The number of aromatic amines is 1. The number of aliphatic carboxylic acids is 1. The molecule has 0 bridgehead atoms. The van der Waals surface area contributed by atoms with E-state index >= 15 is 0 Å². The quantitative estimate of drug-likeness (QED) is 0.265. The molecule has 194 valence electrons. The van der Waals surface area contributed by atoms with Crippen molar-refractivity contribution in [2.24, 2.45) is 0 Å². The molecule has 2 aromatic carbocycles. The zero-order valence-electron chi connectivity index (χ0n) is 19.8. The fraction of sp³-hybridized carbons (Fsp3) is 0.259. The predicted octanol–water partition coefficient (Wildman–Crippen LogP) is 6.77. The third-order valence-corrected chi connectivity index (χ3v) is 6.37. The summed E-state index contributed by atoms with van der Waals surface area (Å²) in [7, 11) is 0. The molecule has 1 aliphatic heterocycles. The van der Waals surface area contributed by atoms with E-state index in [-0.39, 0.29) is 0 Å². The van der Waals surface area contributed by atoms with Crippen LogP contribution in [0.2, 0.25) is 0 Å². The second-order valence-corrected chi connectivity index (χ2v) is 9.43. The van der Waals surface area contributed by atoms with Crippen LogP contribution >= 0.6 is 15.9 Å². The van der Waals surface area contributed by atoms with E-state index in [2.05, 4.69) is 85.4 Å². The highest BCUT2D eigenvalue weighted by Gasteiger charge is 2.38. The Kier molecular flexibility index (Phi) is 8.50. The number of hydrogen-bond acceptors (Lipinski definition) is 4. The number of nitrogens with one attached hydrogen (secondary N) is 1. The number of fused-ring (bicyclic) bond motifs is 1. The average molecular weight is 576 g/mol. The van der Waals surface area contributed by atoms with Crippen LogP contribution in [0.1, 0.15) is 12.8 Å². The number of rotatable bonds is 6. The number of benzene rings is 2. The molecule has 0 aliphatic carbocycles. The van der Waals surface area contributed by atoms with Gasteiger partial charge in [-0.2, -0.15) is 13.2 Å². The van der Waals surface area contributed by atoms with Crippen molar-refractivity contribution in [1.82, 2.24) is 14.9 Å². The van der Waals surface area contributed by atoms with Gasteiger partial charge in [-0.3, -0.25) is 4.90 Å². The third kappa shape index (κ3) is 6.90. The summed E-state index contributed by atoms with van der Waals surface area (Å²) in [5.74, 6) is -1.84. The second kappa shape index (κ2) is 11.8. The summed E-state index contributed by atoms with van der Waals surface area (Å²) < 4.78 is 38.7. The van der Waals surface area contributed by atoms with Gasteiger partial charge in [0, 0.05) is 28.2 Å². The molecule has 0 saturated carbocycles. The number of alkyl halides is 3. The largest absolute Gasteiger partial charge is 0.492 e. The standard InChI is InChI=1S/C25H24BrN3O.C2HF3O2/c26-20-16-22-23(24(28-25(22)27-17-20)19-6-2-1-3-7-19)18-8-10-21(11-9-18)30-15-14-29-12-4-5-13-29;3-2(4,5)1(6)7/h1-3,6-11,16-17H,4-5,12-15H2,(H,27,28);(H,6,7). The molecule has 0 spiro atoms. The van der Waals surface area contributed by atoms with E-state index in [1.807, 2.05) is 12.3 Å². The van der Waals surface area contributed by atoms with Gasteiger partial charge in [-0.15, -0.1) is 0 Å². The molecule has 0 radical (unpaired) electrons. The van der Waals surface area contributed by atoms with Crippen molar-refractivity contribution >= 4 is 32.9 Å². The molecular weight excluding hydrogens is 551 g/mol. The molecule has 1 aliphatic rings. The number of carboxylic acids is 1. The highest BCUT2D eigenvalue weighted by atomic mass is 79.9. The zero-order chi connectivity index (χ0) is 26.4. The number of nitrogens with zero attached hydrogens (tertiary/aromatic N) is 2. The van der Waals surface area contributed by atoms with Crippen LogP contribution < -0.4 is 4.74 Å². The number of halogens is 4. The second-order valence-electron chi connectivity index (χ2n) is 8.52. The molecule has 5 rings (SSSR count). The molecule has 1 fully saturated rings. The number of H-pyrrole nitrogens is 1. The Hall–Kier alpha value is -3.37. The van der Waals surface area contributed by atoms with Gasteiger partial charge in [-0.1, -0.05) is 42.5 Å². The van der Waals surface area contributed by atoms with E-state index in [9.17, 15) is 13.2 Å². The van der Waals surface area contributed by atoms with Gasteiger partial charge in [0.1, 0.15) is 18.0 Å². The maximum Gasteiger partial charge on any atom is 0.490 e. The maximum absolute atomic E-state index is 10.6. The first-order valence-corrected chi connectivity index (χ1v) is 12.5. The van der Waals surface area contributed by atoms with Gasteiger partial charge in [-0.05, 0) is 71.2 Å². The fourth-order valence-electron chi connectivity index (χ4n) is 4.18. The number of hydrogen-bond donors (Lipinski definition) is 2. The molecule has 0 unspecified atom stereocenters. The Morgan fingerprint density at radius 1 is 1.05 bits per heavy atom. The first-order chi connectivity index (χ1) is 17.7. The molecule has 37 heavy (non-hydrogen) atoms. The number of carboxylic acid groups (broad SMARTS) is 1. The normalized spacial score (nSPS) is 13.8. The summed E-state index contributed by atoms with van der Waals surface area (Å²) in [6, 6.07) is 20.9. The SMILES string of the molecule is Brc1cnc2[nH]c(-c3ccccc3)c(-c3ccc(OCCN4CCCC4)cc3)c2c1.O=C(O)C(F)(F)F. The number of pyridine rings is 1. The highest BCUT2D eigenvalue weighted by Crippen LogP contribution is 2.39. The lowest BCUT2D eigenvalue weighted by atomic mass is 9.99. The topological polar surface area (TPSA) is 78.5 Å². The lowest BCUT2D eigenvalue weighted by Gasteiger charge is -2.15. The number of likely N-dealkylation sites (tertiary alicyclic amines) is 1. The van der Waals surface area contributed by atoms with E-state index in [0.717, 1.165) is 56.8 Å². The van der Waals surface area contributed by atoms with E-state index in [1.165, 1.54) is 25.9 Å². The molecule has 2 aromatic heterocycles. The third-order valence-electron chi connectivity index (χ3n) is 5.94. The minimum Gasteiger partial charge on any atom is -0.492 e. The van der Waals surface area contributed by atoms with E-state index in [1.54, 1.807) is 0 Å². The molecule has 2 N–H and O–H groups in total. The Labute approximate surface area is 220 Å². The van der Waals surface area contributed by atoms with Gasteiger partial charge in [0.05, 0.1) is 5.69 Å². The molecule has 4 aromatic rings. The molecular formula is C27H25BrF3N3O3. The van der Waals surface area contributed by atoms with Crippen LogP contribution in [0.25, 0.3) is 33.4 Å². The Bertz CT molecular complexity index is 1340. The maximum atomic E-state index is 10.6. The van der Waals surface area contributed by atoms with E-state index < -0.39 is 12.1 Å². The van der Waals surface area contributed by atoms with E-state index in [4.69, 9.17) is 14.6 Å². The fourth-order valence-corrected chi connectivity index (χ4v) is 4.51. The van der Waals surface area contributed by atoms with Crippen molar-refractivity contribution in [3.05, 3.63) is 71.3 Å². The summed E-state index contributed by atoms with van der Waals surface area (Å²) in [5, 5.41) is 8.23. The molecule has 0 atom stereocenters. The Morgan fingerprint density at radius 2 is 1.70 bits per heavy atom. The number of carbonyl (C=O) groups is 1. The summed E-state index contributed by atoms with van der Waals surface area (Å²) in [5.41, 5.74) is 5.42. The van der Waals surface area contributed by atoms with Crippen molar-refractivity contribution in [1.29, 1.82) is 0 Å². The van der Waals surface area contributed by atoms with Crippen molar-refractivity contribution in [2.75, 3.05) is 26.2 Å². The van der Waals surface area contributed by atoms with E-state index in [0.29, 0.717) is 0 Å². The summed E-state index contributed by atoms with van der Waals surface area (Å²) in [4.78, 5) is 19.5. The zero-order valence-corrected chi connectivity index (χ0v) is 21.3. The van der Waals surface area contributed by atoms with Gasteiger partial charge in [0.25, 0.3) is 0 Å². The predicted molar refractivity (Wildman–Crippen MR) is 140 cm³/mol. The highest BCUT2D eigenvalue weighted by molar-refractivity contribution is 9.10. The van der Waals surface area contributed by atoms with Gasteiger partial charge < -0.3 is 14.8 Å². The van der Waals surface area contributed by atoms with Gasteiger partial charge >= 0.3 is 12.1 Å². The summed E-state index contributed by atoms with van der Waals surface area (Å²) >= 11 is 3.57. The first kappa shape index (κ1) is 26.7. The smallest absolute Gasteiger partial charge is 0.490 e. The summed E-state index contributed by atoms with van der Waals surface area (Å²) in [6.07, 6.45) is -0.628. The number of ether oxygens (including phenoxy) is 1. The lowest BCUT2D eigenvalue weighted by Crippen LogP contribution is -2.25. The average Bonchev–Trinajstić information content (AvgIpc) is 3.53. The van der Waals surface area contributed by atoms with Crippen LogP contribution in [0.5, 0.6) is 5.75 Å². The van der Waals surface area contributed by atoms with Gasteiger partial charge in [-0.25, -0.2) is 9.78 Å². The lowest BCUT2D eigenvalue weighted by molar-refractivity contribution is -0.192. The van der Waals surface area contributed by atoms with Crippen LogP contribution in [0.4, 0.5) is 13.2 Å². The van der Waals surface area contributed by atoms with Gasteiger partial charge in [0.15, 0.2) is 0 Å². The monoisotopic (exact) mass is 575 g/mol. The Morgan fingerprint density at radius 3 is 2.32 bits per heavy atom. The summed E-state index contributed by atoms with van der Waals surface area (Å²) in [6.45, 7) is 4.14. The first-order valence-electron chi connectivity index (χ1n) is 11.7. The Balaban J connectivity index is 0.000000405.